The van der Waals surface area contributed by atoms with Gasteiger partial charge in [-0.05, 0) is 12.8 Å². The minimum Gasteiger partial charge on any atom is -0.329 e. The van der Waals surface area contributed by atoms with Gasteiger partial charge in [-0.3, -0.25) is 0 Å². The molecular weight excluding hydrogens is 122 g/mol. The Hall–Kier alpha value is 0.250. The lowest BCUT2D eigenvalue weighted by atomic mass is 10.0. The number of halogens is 1. The molecule has 2 N–H and O–H groups in total. The van der Waals surface area contributed by atoms with Crippen molar-refractivity contribution in [3.63, 3.8) is 0 Å². The zero-order valence-electron chi connectivity index (χ0n) is 5.58. The Morgan fingerprint density at radius 2 is 1.75 bits per heavy atom. The van der Waals surface area contributed by atoms with Crippen LogP contribution in [0.15, 0.2) is 0 Å². The molecule has 0 heterocycles. The molecule has 1 nitrogen and oxygen atoms in total. The third-order valence-electron chi connectivity index (χ3n) is 1.63. The monoisotopic (exact) mass is 135 g/mol. The predicted molar refractivity (Wildman–Crippen MR) is 38.2 cm³/mol. The highest BCUT2D eigenvalue weighted by molar-refractivity contribution is 6.24. The molecule has 0 aliphatic rings. The first kappa shape index (κ1) is 8.25. The van der Waals surface area contributed by atoms with Crippen molar-refractivity contribution in [3.05, 3.63) is 0 Å². The van der Waals surface area contributed by atoms with E-state index in [9.17, 15) is 0 Å². The van der Waals surface area contributed by atoms with Crippen molar-refractivity contribution in [2.45, 2.75) is 31.6 Å². The van der Waals surface area contributed by atoms with E-state index in [1.807, 2.05) is 0 Å². The molecule has 0 bridgehead atoms. The molecule has 0 fully saturated rings. The molecule has 0 spiro atoms. The second-order valence-electron chi connectivity index (χ2n) is 2.06. The first-order valence-corrected chi connectivity index (χ1v) is 3.45. The van der Waals surface area contributed by atoms with Crippen LogP contribution in [0.5, 0.6) is 0 Å². The highest BCUT2D eigenvalue weighted by atomic mass is 35.5. The number of rotatable bonds is 3. The van der Waals surface area contributed by atoms with E-state index >= 15 is 0 Å². The Morgan fingerprint density at radius 3 is 1.75 bits per heavy atom. The largest absolute Gasteiger partial charge is 0.329 e. The Morgan fingerprint density at radius 1 is 1.38 bits per heavy atom. The van der Waals surface area contributed by atoms with E-state index in [1.165, 1.54) is 0 Å². The quantitative estimate of drug-likeness (QED) is 0.587. The number of hydrogen-bond acceptors (Lipinski definition) is 1. The summed E-state index contributed by atoms with van der Waals surface area (Å²) < 4.78 is 0. The van der Waals surface area contributed by atoms with Crippen LogP contribution in [0.2, 0.25) is 0 Å². The third kappa shape index (κ3) is 2.01. The fraction of sp³-hybridized carbons (Fsp3) is 1.00. The Balaban J connectivity index is 3.58. The van der Waals surface area contributed by atoms with Gasteiger partial charge in [-0.25, -0.2) is 0 Å². The summed E-state index contributed by atoms with van der Waals surface area (Å²) >= 11 is 5.97. The van der Waals surface area contributed by atoms with Gasteiger partial charge in [-0.1, -0.05) is 13.8 Å². The Bertz CT molecular complexity index is 51.3. The van der Waals surface area contributed by atoms with Gasteiger partial charge in [-0.2, -0.15) is 0 Å². The number of alkyl halides is 1. The average molecular weight is 136 g/mol. The van der Waals surface area contributed by atoms with Crippen LogP contribution in [0.25, 0.3) is 0 Å². The van der Waals surface area contributed by atoms with Gasteiger partial charge >= 0.3 is 0 Å². The molecule has 0 unspecified atom stereocenters. The van der Waals surface area contributed by atoms with Gasteiger partial charge in [0.25, 0.3) is 0 Å². The number of hydrogen-bond donors (Lipinski definition) is 1. The van der Waals surface area contributed by atoms with Crippen LogP contribution in [0.1, 0.15) is 26.7 Å². The van der Waals surface area contributed by atoms with Crippen molar-refractivity contribution >= 4 is 11.6 Å². The van der Waals surface area contributed by atoms with E-state index in [-0.39, 0.29) is 4.87 Å². The Kier molecular flexibility index (Phi) is 3.41. The standard InChI is InChI=1S/C6H14ClN/c1-3-6(7,4-2)5-8/h3-5,8H2,1-2H3. The molecule has 0 saturated carbocycles. The van der Waals surface area contributed by atoms with Gasteiger partial charge in [0.1, 0.15) is 0 Å². The van der Waals surface area contributed by atoms with Crippen LogP contribution in [0.4, 0.5) is 0 Å². The van der Waals surface area contributed by atoms with E-state index in [1.54, 1.807) is 0 Å². The molecular formula is C6H14ClN. The first-order chi connectivity index (χ1) is 3.68. The number of nitrogens with two attached hydrogens (primary N) is 1. The highest BCUT2D eigenvalue weighted by Crippen LogP contribution is 2.21. The summed E-state index contributed by atoms with van der Waals surface area (Å²) in [6.07, 6.45) is 1.92. The summed E-state index contributed by atoms with van der Waals surface area (Å²) in [6.45, 7) is 4.70. The summed E-state index contributed by atoms with van der Waals surface area (Å²) in [5.74, 6) is 0. The van der Waals surface area contributed by atoms with Crippen molar-refractivity contribution in [2.75, 3.05) is 6.54 Å². The van der Waals surface area contributed by atoms with Gasteiger partial charge in [0.2, 0.25) is 0 Å². The second kappa shape index (κ2) is 3.31. The summed E-state index contributed by atoms with van der Waals surface area (Å²) in [6, 6.07) is 0. The summed E-state index contributed by atoms with van der Waals surface area (Å²) in [4.78, 5) is -0.125. The maximum atomic E-state index is 5.97. The average Bonchev–Trinajstić information content (AvgIpc) is 1.87. The molecule has 0 atom stereocenters. The molecule has 8 heavy (non-hydrogen) atoms. The topological polar surface area (TPSA) is 26.0 Å². The first-order valence-electron chi connectivity index (χ1n) is 3.07. The summed E-state index contributed by atoms with van der Waals surface area (Å²) in [7, 11) is 0. The lowest BCUT2D eigenvalue weighted by Crippen LogP contribution is -2.29. The van der Waals surface area contributed by atoms with Gasteiger partial charge in [0, 0.05) is 6.54 Å². The van der Waals surface area contributed by atoms with E-state index < -0.39 is 0 Å². The highest BCUT2D eigenvalue weighted by Gasteiger charge is 2.19. The molecule has 0 amide bonds. The zero-order chi connectivity index (χ0) is 6.62. The van der Waals surface area contributed by atoms with Crippen LogP contribution in [-0.4, -0.2) is 11.4 Å². The molecule has 0 rings (SSSR count). The molecule has 0 aromatic carbocycles. The lowest BCUT2D eigenvalue weighted by Gasteiger charge is -2.20. The van der Waals surface area contributed by atoms with Gasteiger partial charge in [-0.15, -0.1) is 11.6 Å². The van der Waals surface area contributed by atoms with Crippen molar-refractivity contribution in [3.8, 4) is 0 Å². The van der Waals surface area contributed by atoms with Gasteiger partial charge in [0.15, 0.2) is 0 Å². The summed E-state index contributed by atoms with van der Waals surface area (Å²) in [5, 5.41) is 0. The molecule has 50 valence electrons. The minimum atomic E-state index is -0.125. The fourth-order valence-electron chi connectivity index (χ4n) is 0.539. The maximum absolute atomic E-state index is 5.97. The normalized spacial score (nSPS) is 12.0. The summed E-state index contributed by atoms with van der Waals surface area (Å²) in [5.41, 5.74) is 5.40. The molecule has 2 heteroatoms. The van der Waals surface area contributed by atoms with E-state index in [0.717, 1.165) is 12.8 Å². The van der Waals surface area contributed by atoms with Gasteiger partial charge < -0.3 is 5.73 Å². The third-order valence-corrected chi connectivity index (χ3v) is 2.32. The molecule has 0 aromatic rings. The fourth-order valence-corrected chi connectivity index (χ4v) is 0.539. The smallest absolute Gasteiger partial charge is 0.0563 e. The van der Waals surface area contributed by atoms with E-state index in [4.69, 9.17) is 17.3 Å². The molecule has 0 saturated heterocycles. The Labute approximate surface area is 56.2 Å². The SMILES string of the molecule is CCC(Cl)(CC)CN. The molecule has 0 aliphatic heterocycles. The molecule has 0 aliphatic carbocycles. The van der Waals surface area contributed by atoms with Crippen LogP contribution in [-0.2, 0) is 0 Å². The van der Waals surface area contributed by atoms with E-state index in [2.05, 4.69) is 13.8 Å². The van der Waals surface area contributed by atoms with Crippen molar-refractivity contribution in [1.29, 1.82) is 0 Å². The molecule has 0 aromatic heterocycles. The van der Waals surface area contributed by atoms with Crippen LogP contribution in [0.3, 0.4) is 0 Å². The van der Waals surface area contributed by atoms with Crippen molar-refractivity contribution < 1.29 is 0 Å². The van der Waals surface area contributed by atoms with Gasteiger partial charge in [0.05, 0.1) is 4.87 Å². The maximum Gasteiger partial charge on any atom is 0.0563 e. The van der Waals surface area contributed by atoms with Crippen LogP contribution < -0.4 is 5.73 Å². The second-order valence-corrected chi connectivity index (χ2v) is 2.86. The lowest BCUT2D eigenvalue weighted by molar-refractivity contribution is 0.546. The molecule has 0 radical (unpaired) electrons. The van der Waals surface area contributed by atoms with Crippen LogP contribution >= 0.6 is 11.6 Å². The van der Waals surface area contributed by atoms with Crippen molar-refractivity contribution in [2.24, 2.45) is 5.73 Å². The van der Waals surface area contributed by atoms with E-state index in [0.29, 0.717) is 6.54 Å². The predicted octanol–water partition coefficient (Wildman–Crippen LogP) is 1.74. The van der Waals surface area contributed by atoms with Crippen molar-refractivity contribution in [1.82, 2.24) is 0 Å². The zero-order valence-corrected chi connectivity index (χ0v) is 6.33. The van der Waals surface area contributed by atoms with Crippen LogP contribution in [0, 0.1) is 0 Å². The minimum absolute atomic E-state index is 0.125.